The van der Waals surface area contributed by atoms with Crippen LogP contribution in [-0.4, -0.2) is 17.6 Å². The molecule has 0 atom stereocenters. The minimum absolute atomic E-state index is 0.302. The van der Waals surface area contributed by atoms with Gasteiger partial charge in [-0.05, 0) is 37.3 Å². The Morgan fingerprint density at radius 2 is 2.11 bits per heavy atom. The molecule has 2 aromatic rings. The summed E-state index contributed by atoms with van der Waals surface area (Å²) in [5, 5.41) is 1.01. The minimum atomic E-state index is -0.429. The summed E-state index contributed by atoms with van der Waals surface area (Å²) in [6.45, 7) is 2.05. The zero-order valence-electron chi connectivity index (χ0n) is 10.2. The van der Waals surface area contributed by atoms with Gasteiger partial charge in [-0.25, -0.2) is 4.79 Å². The lowest BCUT2D eigenvalue weighted by atomic mass is 10.1. The van der Waals surface area contributed by atoms with Crippen LogP contribution in [0, 0.1) is 0 Å². The average molecular weight is 296 g/mol. The van der Waals surface area contributed by atoms with E-state index in [-0.39, 0.29) is 0 Å². The summed E-state index contributed by atoms with van der Waals surface area (Å²) in [5.74, 6) is -0.429. The van der Waals surface area contributed by atoms with Crippen molar-refractivity contribution in [2.75, 3.05) is 6.61 Å². The molecule has 5 heteroatoms. The normalized spacial score (nSPS) is 10.3. The van der Waals surface area contributed by atoms with Crippen molar-refractivity contribution in [2.45, 2.75) is 6.92 Å². The van der Waals surface area contributed by atoms with Crippen molar-refractivity contribution < 1.29 is 9.53 Å². The van der Waals surface area contributed by atoms with Crippen LogP contribution in [0.15, 0.2) is 36.5 Å². The van der Waals surface area contributed by atoms with Crippen LogP contribution < -0.4 is 0 Å². The molecule has 0 saturated heterocycles. The summed E-state index contributed by atoms with van der Waals surface area (Å²) in [5.41, 5.74) is 1.44. The molecule has 0 aliphatic heterocycles. The van der Waals surface area contributed by atoms with E-state index in [4.69, 9.17) is 27.9 Å². The fourth-order valence-corrected chi connectivity index (χ4v) is 2.05. The van der Waals surface area contributed by atoms with Gasteiger partial charge in [0.2, 0.25) is 0 Å². The van der Waals surface area contributed by atoms with Gasteiger partial charge in [-0.2, -0.15) is 0 Å². The fraction of sp³-hybridized carbons (Fsp3) is 0.143. The van der Waals surface area contributed by atoms with Gasteiger partial charge in [0.1, 0.15) is 0 Å². The standard InChI is InChI=1S/C14H11Cl2NO2/c1-2-19-14(18)10-4-3-7-17-13(10)11-8-9(15)5-6-12(11)16/h3-8H,2H2,1H3. The maximum atomic E-state index is 11.9. The third-order valence-corrected chi connectivity index (χ3v) is 3.05. The van der Waals surface area contributed by atoms with Gasteiger partial charge in [0.15, 0.2) is 0 Å². The summed E-state index contributed by atoms with van der Waals surface area (Å²) in [4.78, 5) is 16.1. The second-order valence-electron chi connectivity index (χ2n) is 3.74. The lowest BCUT2D eigenvalue weighted by Gasteiger charge is -2.09. The molecule has 0 unspecified atom stereocenters. The van der Waals surface area contributed by atoms with E-state index >= 15 is 0 Å². The average Bonchev–Trinajstić information content (AvgIpc) is 2.42. The third kappa shape index (κ3) is 3.06. The van der Waals surface area contributed by atoms with E-state index in [2.05, 4.69) is 4.98 Å². The monoisotopic (exact) mass is 295 g/mol. The number of aromatic nitrogens is 1. The number of pyridine rings is 1. The Morgan fingerprint density at radius 3 is 2.84 bits per heavy atom. The minimum Gasteiger partial charge on any atom is -0.462 e. The van der Waals surface area contributed by atoms with Crippen LogP contribution in [0.1, 0.15) is 17.3 Å². The lowest BCUT2D eigenvalue weighted by Crippen LogP contribution is -2.07. The molecule has 1 aromatic carbocycles. The second-order valence-corrected chi connectivity index (χ2v) is 4.59. The smallest absolute Gasteiger partial charge is 0.340 e. The highest BCUT2D eigenvalue weighted by Crippen LogP contribution is 2.31. The van der Waals surface area contributed by atoms with Gasteiger partial charge in [0.05, 0.1) is 22.9 Å². The van der Waals surface area contributed by atoms with Crippen LogP contribution in [-0.2, 0) is 4.74 Å². The zero-order valence-corrected chi connectivity index (χ0v) is 11.7. The Hall–Kier alpha value is -1.58. The summed E-state index contributed by atoms with van der Waals surface area (Å²) >= 11 is 12.1. The number of hydrogen-bond donors (Lipinski definition) is 0. The Labute approximate surface area is 121 Å². The van der Waals surface area contributed by atoms with E-state index in [1.807, 2.05) is 0 Å². The van der Waals surface area contributed by atoms with Gasteiger partial charge >= 0.3 is 5.97 Å². The predicted molar refractivity (Wildman–Crippen MR) is 75.6 cm³/mol. The first kappa shape index (κ1) is 13.8. The number of halogens is 2. The SMILES string of the molecule is CCOC(=O)c1cccnc1-c1cc(Cl)ccc1Cl. The van der Waals surface area contributed by atoms with E-state index in [1.54, 1.807) is 43.5 Å². The highest BCUT2D eigenvalue weighted by atomic mass is 35.5. The highest BCUT2D eigenvalue weighted by molar-refractivity contribution is 6.35. The largest absolute Gasteiger partial charge is 0.462 e. The second kappa shape index (κ2) is 6.04. The number of nitrogens with zero attached hydrogens (tertiary/aromatic N) is 1. The number of carbonyl (C=O) groups excluding carboxylic acids is 1. The number of hydrogen-bond acceptors (Lipinski definition) is 3. The molecular formula is C14H11Cl2NO2. The fourth-order valence-electron chi connectivity index (χ4n) is 1.67. The molecule has 19 heavy (non-hydrogen) atoms. The van der Waals surface area contributed by atoms with Crippen molar-refractivity contribution in [1.82, 2.24) is 4.98 Å². The molecule has 0 aliphatic carbocycles. The number of ether oxygens (including phenoxy) is 1. The van der Waals surface area contributed by atoms with Gasteiger partial charge in [0.25, 0.3) is 0 Å². The lowest BCUT2D eigenvalue weighted by molar-refractivity contribution is 0.0527. The molecule has 98 valence electrons. The molecule has 0 N–H and O–H groups in total. The summed E-state index contributed by atoms with van der Waals surface area (Å²) in [6.07, 6.45) is 1.59. The van der Waals surface area contributed by atoms with Gasteiger partial charge in [0, 0.05) is 16.8 Å². The van der Waals surface area contributed by atoms with Gasteiger partial charge in [-0.1, -0.05) is 23.2 Å². The molecule has 3 nitrogen and oxygen atoms in total. The molecule has 0 amide bonds. The Bertz CT molecular complexity index is 614. The predicted octanol–water partition coefficient (Wildman–Crippen LogP) is 4.23. The van der Waals surface area contributed by atoms with Gasteiger partial charge in [-0.15, -0.1) is 0 Å². The number of rotatable bonds is 3. The summed E-state index contributed by atoms with van der Waals surface area (Å²) in [6, 6.07) is 8.35. The van der Waals surface area contributed by atoms with E-state index in [0.29, 0.717) is 33.5 Å². The maximum absolute atomic E-state index is 11.9. The molecule has 0 radical (unpaired) electrons. The maximum Gasteiger partial charge on any atom is 0.340 e. The third-order valence-electron chi connectivity index (χ3n) is 2.49. The molecule has 0 bridgehead atoms. The van der Waals surface area contributed by atoms with Crippen molar-refractivity contribution in [3.8, 4) is 11.3 Å². The highest BCUT2D eigenvalue weighted by Gasteiger charge is 2.16. The van der Waals surface area contributed by atoms with Crippen LogP contribution >= 0.6 is 23.2 Å². The van der Waals surface area contributed by atoms with E-state index < -0.39 is 5.97 Å². The molecule has 2 rings (SSSR count). The van der Waals surface area contributed by atoms with Crippen LogP contribution in [0.3, 0.4) is 0 Å². The first-order valence-corrected chi connectivity index (χ1v) is 6.46. The molecule has 0 aliphatic rings. The van der Waals surface area contributed by atoms with Gasteiger partial charge in [-0.3, -0.25) is 4.98 Å². The van der Waals surface area contributed by atoms with Crippen molar-refractivity contribution in [3.05, 3.63) is 52.1 Å². The van der Waals surface area contributed by atoms with E-state index in [0.717, 1.165) is 0 Å². The van der Waals surface area contributed by atoms with Crippen LogP contribution in [0.4, 0.5) is 0 Å². The number of carbonyl (C=O) groups is 1. The van der Waals surface area contributed by atoms with Crippen molar-refractivity contribution in [3.63, 3.8) is 0 Å². The molecule has 0 saturated carbocycles. The molecule has 0 fully saturated rings. The van der Waals surface area contributed by atoms with Crippen molar-refractivity contribution in [1.29, 1.82) is 0 Å². The van der Waals surface area contributed by atoms with E-state index in [1.165, 1.54) is 0 Å². The summed E-state index contributed by atoms with van der Waals surface area (Å²) < 4.78 is 5.01. The zero-order chi connectivity index (χ0) is 13.8. The van der Waals surface area contributed by atoms with Crippen molar-refractivity contribution >= 4 is 29.2 Å². The number of esters is 1. The Morgan fingerprint density at radius 1 is 1.32 bits per heavy atom. The van der Waals surface area contributed by atoms with Crippen molar-refractivity contribution in [2.24, 2.45) is 0 Å². The topological polar surface area (TPSA) is 39.2 Å². The first-order valence-electron chi connectivity index (χ1n) is 5.71. The number of benzene rings is 1. The Balaban J connectivity index is 2.56. The molecule has 1 heterocycles. The van der Waals surface area contributed by atoms with Crippen LogP contribution in [0.5, 0.6) is 0 Å². The van der Waals surface area contributed by atoms with E-state index in [9.17, 15) is 4.79 Å². The molecular weight excluding hydrogens is 285 g/mol. The first-order chi connectivity index (χ1) is 9.13. The summed E-state index contributed by atoms with van der Waals surface area (Å²) in [7, 11) is 0. The van der Waals surface area contributed by atoms with Crippen LogP contribution in [0.25, 0.3) is 11.3 Å². The van der Waals surface area contributed by atoms with Gasteiger partial charge < -0.3 is 4.74 Å². The molecule has 0 spiro atoms. The molecule has 1 aromatic heterocycles. The Kier molecular flexibility index (Phi) is 4.40. The quantitative estimate of drug-likeness (QED) is 0.796. The van der Waals surface area contributed by atoms with Crippen LogP contribution in [0.2, 0.25) is 10.0 Å².